The summed E-state index contributed by atoms with van der Waals surface area (Å²) in [7, 11) is 1.66. The van der Waals surface area contributed by atoms with E-state index in [-0.39, 0.29) is 18.0 Å². The van der Waals surface area contributed by atoms with Gasteiger partial charge in [0.25, 0.3) is 0 Å². The van der Waals surface area contributed by atoms with E-state index in [1.54, 1.807) is 7.11 Å². The highest BCUT2D eigenvalue weighted by atomic mass is 16.5. The topological polar surface area (TPSA) is 64.3 Å². The highest BCUT2D eigenvalue weighted by Gasteiger charge is 2.15. The molecular weight excluding hydrogens is 252 g/mol. The van der Waals surface area contributed by atoms with E-state index >= 15 is 0 Å². The molecule has 2 unspecified atom stereocenters. The molecule has 0 heterocycles. The third-order valence-corrected chi connectivity index (χ3v) is 3.40. The van der Waals surface area contributed by atoms with Crippen LogP contribution in [0.3, 0.4) is 0 Å². The van der Waals surface area contributed by atoms with Crippen molar-refractivity contribution in [1.29, 1.82) is 0 Å². The van der Waals surface area contributed by atoms with Gasteiger partial charge in [-0.3, -0.25) is 4.79 Å². The lowest BCUT2D eigenvalue weighted by Crippen LogP contribution is -2.39. The van der Waals surface area contributed by atoms with Crippen molar-refractivity contribution in [2.75, 3.05) is 7.11 Å². The summed E-state index contributed by atoms with van der Waals surface area (Å²) in [6.07, 6.45) is 1.11. The second-order valence-corrected chi connectivity index (χ2v) is 5.60. The van der Waals surface area contributed by atoms with E-state index in [9.17, 15) is 4.79 Å². The van der Waals surface area contributed by atoms with Crippen LogP contribution in [0.5, 0.6) is 5.75 Å². The zero-order chi connectivity index (χ0) is 15.1. The van der Waals surface area contributed by atoms with Gasteiger partial charge in [-0.2, -0.15) is 0 Å². The van der Waals surface area contributed by atoms with E-state index in [1.807, 2.05) is 45.0 Å². The first-order valence-corrected chi connectivity index (χ1v) is 7.10. The highest BCUT2D eigenvalue weighted by molar-refractivity contribution is 5.76. The molecule has 20 heavy (non-hydrogen) atoms. The smallest absolute Gasteiger partial charge is 0.221 e. The van der Waals surface area contributed by atoms with Gasteiger partial charge in [-0.05, 0) is 30.9 Å². The maximum absolute atomic E-state index is 11.9. The Balaban J connectivity index is 2.51. The molecule has 0 bridgehead atoms. The third kappa shape index (κ3) is 5.21. The molecule has 1 aromatic carbocycles. The van der Waals surface area contributed by atoms with Gasteiger partial charge < -0.3 is 15.8 Å². The molecule has 0 fully saturated rings. The quantitative estimate of drug-likeness (QED) is 0.803. The van der Waals surface area contributed by atoms with Gasteiger partial charge in [0, 0.05) is 18.5 Å². The van der Waals surface area contributed by atoms with E-state index < -0.39 is 0 Å². The number of carbonyl (C=O) groups excluding carboxylic acids is 1. The van der Waals surface area contributed by atoms with Gasteiger partial charge in [-0.1, -0.05) is 32.0 Å². The molecule has 2 atom stereocenters. The van der Waals surface area contributed by atoms with Gasteiger partial charge in [0.15, 0.2) is 0 Å². The van der Waals surface area contributed by atoms with E-state index in [0.717, 1.165) is 17.7 Å². The van der Waals surface area contributed by atoms with E-state index in [0.29, 0.717) is 12.3 Å². The number of ether oxygens (including phenoxy) is 1. The van der Waals surface area contributed by atoms with Crippen LogP contribution < -0.4 is 15.8 Å². The van der Waals surface area contributed by atoms with Crippen LogP contribution in [-0.4, -0.2) is 25.1 Å². The minimum atomic E-state index is -0.0894. The zero-order valence-corrected chi connectivity index (χ0v) is 12.8. The molecule has 112 valence electrons. The Morgan fingerprint density at radius 3 is 2.55 bits per heavy atom. The molecular formula is C16H26N2O2. The zero-order valence-electron chi connectivity index (χ0n) is 12.8. The molecule has 3 N–H and O–H groups in total. The maximum Gasteiger partial charge on any atom is 0.221 e. The van der Waals surface area contributed by atoms with Crippen LogP contribution in [-0.2, 0) is 11.2 Å². The number of hydrogen-bond donors (Lipinski definition) is 2. The summed E-state index contributed by atoms with van der Waals surface area (Å²) in [6, 6.07) is 7.82. The van der Waals surface area contributed by atoms with Gasteiger partial charge in [-0.15, -0.1) is 0 Å². The first kappa shape index (κ1) is 16.5. The summed E-state index contributed by atoms with van der Waals surface area (Å²) >= 11 is 0. The second kappa shape index (κ2) is 7.90. The average Bonchev–Trinajstić information content (AvgIpc) is 2.38. The Bertz CT molecular complexity index is 432. The fraction of sp³-hybridized carbons (Fsp3) is 0.562. The van der Waals surface area contributed by atoms with Crippen LogP contribution in [0.25, 0.3) is 0 Å². The van der Waals surface area contributed by atoms with Crippen LogP contribution in [0.1, 0.15) is 32.8 Å². The summed E-state index contributed by atoms with van der Waals surface area (Å²) in [5, 5.41) is 2.99. The van der Waals surface area contributed by atoms with E-state index in [2.05, 4.69) is 5.32 Å². The molecule has 4 heteroatoms. The number of carbonyl (C=O) groups is 1. The Morgan fingerprint density at radius 2 is 1.95 bits per heavy atom. The highest BCUT2D eigenvalue weighted by Crippen LogP contribution is 2.18. The number of benzene rings is 1. The molecule has 1 rings (SSSR count). The molecule has 0 aliphatic rings. The minimum absolute atomic E-state index is 0.00796. The molecule has 0 saturated heterocycles. The fourth-order valence-electron chi connectivity index (χ4n) is 2.04. The predicted octanol–water partition coefficient (Wildman–Crippen LogP) is 2.12. The molecule has 0 spiro atoms. The number of para-hydroxylation sites is 1. The van der Waals surface area contributed by atoms with Gasteiger partial charge in [0.1, 0.15) is 5.75 Å². The molecule has 0 saturated carbocycles. The van der Waals surface area contributed by atoms with Gasteiger partial charge in [0.05, 0.1) is 7.11 Å². The summed E-state index contributed by atoms with van der Waals surface area (Å²) < 4.78 is 5.31. The van der Waals surface area contributed by atoms with Crippen LogP contribution in [0, 0.1) is 5.92 Å². The van der Waals surface area contributed by atoms with Crippen molar-refractivity contribution in [3.8, 4) is 5.75 Å². The molecule has 0 aromatic heterocycles. The molecule has 0 radical (unpaired) electrons. The molecule has 4 nitrogen and oxygen atoms in total. The van der Waals surface area contributed by atoms with Gasteiger partial charge in [-0.25, -0.2) is 0 Å². The van der Waals surface area contributed by atoms with Gasteiger partial charge in [0.2, 0.25) is 5.91 Å². The van der Waals surface area contributed by atoms with Gasteiger partial charge >= 0.3 is 0 Å². The van der Waals surface area contributed by atoms with Crippen molar-refractivity contribution in [2.24, 2.45) is 11.7 Å². The Hall–Kier alpha value is -1.55. The number of nitrogens with one attached hydrogen (secondary N) is 1. The Kier molecular flexibility index (Phi) is 6.52. The first-order chi connectivity index (χ1) is 9.43. The predicted molar refractivity (Wildman–Crippen MR) is 81.7 cm³/mol. The summed E-state index contributed by atoms with van der Waals surface area (Å²) in [5.41, 5.74) is 7.00. The largest absolute Gasteiger partial charge is 0.496 e. The van der Waals surface area contributed by atoms with E-state index in [4.69, 9.17) is 10.5 Å². The molecule has 1 amide bonds. The lowest BCUT2D eigenvalue weighted by molar-refractivity contribution is -0.122. The van der Waals surface area contributed by atoms with Crippen molar-refractivity contribution >= 4 is 5.91 Å². The van der Waals surface area contributed by atoms with Crippen molar-refractivity contribution in [3.05, 3.63) is 29.8 Å². The number of hydrogen-bond acceptors (Lipinski definition) is 3. The number of amides is 1. The molecule has 1 aromatic rings. The van der Waals surface area contributed by atoms with Crippen molar-refractivity contribution in [3.63, 3.8) is 0 Å². The minimum Gasteiger partial charge on any atom is -0.496 e. The maximum atomic E-state index is 11.9. The van der Waals surface area contributed by atoms with E-state index in [1.165, 1.54) is 0 Å². The third-order valence-electron chi connectivity index (χ3n) is 3.40. The van der Waals surface area contributed by atoms with Crippen LogP contribution >= 0.6 is 0 Å². The standard InChI is InChI=1S/C16H26N2O2/c1-11(2)14(17)10-16(19)18-12(3)9-13-7-5-6-8-15(13)20-4/h5-8,11-12,14H,9-10,17H2,1-4H3,(H,18,19). The Labute approximate surface area is 121 Å². The lowest BCUT2D eigenvalue weighted by Gasteiger charge is -2.19. The number of methoxy groups -OCH3 is 1. The van der Waals surface area contributed by atoms with Crippen molar-refractivity contribution < 1.29 is 9.53 Å². The van der Waals surface area contributed by atoms with Crippen LogP contribution in [0.2, 0.25) is 0 Å². The molecule has 0 aliphatic heterocycles. The first-order valence-electron chi connectivity index (χ1n) is 7.10. The number of rotatable bonds is 7. The van der Waals surface area contributed by atoms with Crippen LogP contribution in [0.4, 0.5) is 0 Å². The SMILES string of the molecule is COc1ccccc1CC(C)NC(=O)CC(N)C(C)C. The van der Waals surface area contributed by atoms with Crippen molar-refractivity contribution in [1.82, 2.24) is 5.32 Å². The second-order valence-electron chi connectivity index (χ2n) is 5.60. The van der Waals surface area contributed by atoms with Crippen LogP contribution in [0.15, 0.2) is 24.3 Å². The number of nitrogens with two attached hydrogens (primary N) is 1. The normalized spacial score (nSPS) is 13.9. The van der Waals surface area contributed by atoms with Crippen molar-refractivity contribution in [2.45, 2.75) is 45.7 Å². The summed E-state index contributed by atoms with van der Waals surface area (Å²) in [6.45, 7) is 6.04. The molecule has 0 aliphatic carbocycles. The average molecular weight is 278 g/mol. The summed E-state index contributed by atoms with van der Waals surface area (Å²) in [5.74, 6) is 1.17. The monoisotopic (exact) mass is 278 g/mol. The lowest BCUT2D eigenvalue weighted by atomic mass is 10.0. The Morgan fingerprint density at radius 1 is 1.30 bits per heavy atom. The summed E-state index contributed by atoms with van der Waals surface area (Å²) in [4.78, 5) is 11.9. The fourth-order valence-corrected chi connectivity index (χ4v) is 2.04.